The second-order valence-electron chi connectivity index (χ2n) is 9.35. The summed E-state index contributed by atoms with van der Waals surface area (Å²) >= 11 is 1.18. The number of carboxylic acids is 1. The minimum absolute atomic E-state index is 0.0516. The van der Waals surface area contributed by atoms with Gasteiger partial charge in [0.25, 0.3) is 0 Å². The summed E-state index contributed by atoms with van der Waals surface area (Å²) in [6.07, 6.45) is 5.75. The van der Waals surface area contributed by atoms with Crippen LogP contribution >= 0.6 is 11.8 Å². The molecule has 0 spiro atoms. The zero-order chi connectivity index (χ0) is 25.5. The van der Waals surface area contributed by atoms with E-state index in [-0.39, 0.29) is 17.2 Å². The van der Waals surface area contributed by atoms with Crippen LogP contribution in [0.15, 0.2) is 53.6 Å². The van der Waals surface area contributed by atoms with Gasteiger partial charge in [0, 0.05) is 36.8 Å². The lowest BCUT2D eigenvalue weighted by molar-refractivity contribution is -0.139. The van der Waals surface area contributed by atoms with E-state index in [0.717, 1.165) is 48.9 Å². The maximum atomic E-state index is 13.9. The van der Waals surface area contributed by atoms with Crippen LogP contribution < -0.4 is 4.74 Å². The predicted octanol–water partition coefficient (Wildman–Crippen LogP) is 6.05. The smallest absolute Gasteiger partial charge is 0.303 e. The van der Waals surface area contributed by atoms with Gasteiger partial charge in [-0.15, -0.1) is 11.8 Å². The lowest BCUT2D eigenvalue weighted by Crippen LogP contribution is -2.42. The van der Waals surface area contributed by atoms with E-state index in [0.29, 0.717) is 24.8 Å². The molecule has 0 saturated carbocycles. The summed E-state index contributed by atoms with van der Waals surface area (Å²) in [4.78, 5) is 18.3. The third kappa shape index (κ3) is 6.73. The number of rotatable bonds is 11. The van der Waals surface area contributed by atoms with Crippen molar-refractivity contribution >= 4 is 28.6 Å². The quantitative estimate of drug-likeness (QED) is 0.314. The van der Waals surface area contributed by atoms with Crippen LogP contribution in [0.2, 0.25) is 0 Å². The molecule has 1 saturated heterocycles. The fourth-order valence-electron chi connectivity index (χ4n) is 5.17. The highest BCUT2D eigenvalue weighted by Crippen LogP contribution is 2.32. The fraction of sp³-hybridized carbons (Fsp3) is 0.429. The Kier molecular flexibility index (Phi) is 9.15. The number of hydrogen-bond donors (Lipinski definition) is 1. The maximum Gasteiger partial charge on any atom is 0.303 e. The Labute approximate surface area is 214 Å². The molecule has 1 aliphatic rings. The molecule has 1 N–H and O–H groups in total. The molecule has 1 fully saturated rings. The van der Waals surface area contributed by atoms with Crippen LogP contribution in [0.1, 0.15) is 31.2 Å². The molecule has 0 bridgehead atoms. The summed E-state index contributed by atoms with van der Waals surface area (Å²) in [7, 11) is 1.66. The molecule has 4 rings (SSSR count). The van der Waals surface area contributed by atoms with E-state index in [4.69, 9.17) is 4.74 Å². The predicted molar refractivity (Wildman–Crippen MR) is 139 cm³/mol. The number of aliphatic carboxylic acids is 1. The number of carbonyl (C=O) groups is 1. The second-order valence-corrected chi connectivity index (χ2v) is 10.5. The van der Waals surface area contributed by atoms with Gasteiger partial charge in [-0.05, 0) is 86.0 Å². The van der Waals surface area contributed by atoms with Crippen molar-refractivity contribution in [1.82, 2.24) is 9.88 Å². The molecule has 0 amide bonds. The molecule has 3 aromatic rings. The van der Waals surface area contributed by atoms with Crippen molar-refractivity contribution in [3.8, 4) is 5.75 Å². The van der Waals surface area contributed by atoms with Crippen molar-refractivity contribution in [2.45, 2.75) is 37.0 Å². The number of aryl methyl sites for hydroxylation is 1. The van der Waals surface area contributed by atoms with E-state index < -0.39 is 17.6 Å². The highest BCUT2D eigenvalue weighted by atomic mass is 32.2. The van der Waals surface area contributed by atoms with Gasteiger partial charge >= 0.3 is 5.97 Å². The van der Waals surface area contributed by atoms with E-state index in [2.05, 4.69) is 16.0 Å². The number of piperidine rings is 1. The number of halogens is 2. The highest BCUT2D eigenvalue weighted by molar-refractivity contribution is 7.99. The Bertz CT molecular complexity index is 1170. The number of methoxy groups -OCH3 is 1. The fourth-order valence-corrected chi connectivity index (χ4v) is 6.14. The molecule has 2 atom stereocenters. The summed E-state index contributed by atoms with van der Waals surface area (Å²) in [5, 5.41) is 10.6. The lowest BCUT2D eigenvalue weighted by atomic mass is 9.80. The summed E-state index contributed by atoms with van der Waals surface area (Å²) in [5.74, 6) is -0.0764. The Balaban J connectivity index is 1.32. The summed E-state index contributed by atoms with van der Waals surface area (Å²) in [6, 6.07) is 11.9. The molecular formula is C28H32F2N2O3S. The van der Waals surface area contributed by atoms with Gasteiger partial charge < -0.3 is 14.7 Å². The van der Waals surface area contributed by atoms with Gasteiger partial charge in [-0.1, -0.05) is 6.07 Å². The number of aromatic nitrogens is 1. The van der Waals surface area contributed by atoms with Crippen LogP contribution in [0.5, 0.6) is 5.75 Å². The number of likely N-dealkylation sites (tertiary alicyclic amines) is 1. The topological polar surface area (TPSA) is 62.7 Å². The molecule has 192 valence electrons. The number of carboxylic acid groups (broad SMARTS) is 1. The van der Waals surface area contributed by atoms with Crippen LogP contribution in [0, 0.1) is 23.5 Å². The first-order chi connectivity index (χ1) is 17.4. The molecule has 0 radical (unpaired) electrons. The first-order valence-electron chi connectivity index (χ1n) is 12.4. The summed E-state index contributed by atoms with van der Waals surface area (Å²) < 4.78 is 33.2. The van der Waals surface area contributed by atoms with E-state index in [1.807, 2.05) is 24.4 Å². The van der Waals surface area contributed by atoms with Crippen LogP contribution in [0.25, 0.3) is 10.9 Å². The number of hydrogen-bond acceptors (Lipinski definition) is 5. The van der Waals surface area contributed by atoms with E-state index in [1.54, 1.807) is 7.11 Å². The average molecular weight is 515 g/mol. The van der Waals surface area contributed by atoms with Crippen LogP contribution in [-0.4, -0.2) is 53.5 Å². The molecule has 0 unspecified atom stereocenters. The number of nitrogens with zero attached hydrogens (tertiary/aromatic N) is 2. The van der Waals surface area contributed by atoms with Crippen LogP contribution in [-0.2, 0) is 11.2 Å². The Morgan fingerprint density at radius 3 is 2.75 bits per heavy atom. The van der Waals surface area contributed by atoms with Crippen molar-refractivity contribution in [2.24, 2.45) is 11.8 Å². The van der Waals surface area contributed by atoms with E-state index in [1.165, 1.54) is 35.5 Å². The molecule has 2 heterocycles. The van der Waals surface area contributed by atoms with Gasteiger partial charge in [0.2, 0.25) is 0 Å². The molecule has 5 nitrogen and oxygen atoms in total. The first-order valence-corrected chi connectivity index (χ1v) is 13.4. The van der Waals surface area contributed by atoms with Crippen LogP contribution in [0.4, 0.5) is 8.78 Å². The number of fused-ring (bicyclic) bond motifs is 1. The first kappa shape index (κ1) is 26.4. The van der Waals surface area contributed by atoms with Crippen molar-refractivity contribution in [3.63, 3.8) is 0 Å². The lowest BCUT2D eigenvalue weighted by Gasteiger charge is -2.38. The highest BCUT2D eigenvalue weighted by Gasteiger charge is 2.30. The Morgan fingerprint density at radius 1 is 1.19 bits per heavy atom. The largest absolute Gasteiger partial charge is 0.497 e. The van der Waals surface area contributed by atoms with E-state index >= 15 is 0 Å². The van der Waals surface area contributed by atoms with Gasteiger partial charge in [0.15, 0.2) is 0 Å². The Hall–Kier alpha value is -2.71. The average Bonchev–Trinajstić information content (AvgIpc) is 2.86. The number of benzene rings is 2. The SMILES string of the molecule is COc1ccc2nccc(CCC[C@@H]3CCN(CCSc4c(F)cccc4F)C[C@@H]3CC(=O)O)c2c1. The molecule has 8 heteroatoms. The molecular weight excluding hydrogens is 482 g/mol. The number of ether oxygens (including phenoxy) is 1. The zero-order valence-electron chi connectivity index (χ0n) is 20.5. The van der Waals surface area contributed by atoms with Gasteiger partial charge in [-0.3, -0.25) is 9.78 Å². The van der Waals surface area contributed by atoms with Gasteiger partial charge in [0.05, 0.1) is 17.5 Å². The van der Waals surface area contributed by atoms with E-state index in [9.17, 15) is 18.7 Å². The van der Waals surface area contributed by atoms with Gasteiger partial charge in [0.1, 0.15) is 17.4 Å². The summed E-state index contributed by atoms with van der Waals surface area (Å²) in [5.41, 5.74) is 2.17. The van der Waals surface area contributed by atoms with Gasteiger partial charge in [-0.2, -0.15) is 0 Å². The van der Waals surface area contributed by atoms with Crippen molar-refractivity contribution < 1.29 is 23.4 Å². The molecule has 36 heavy (non-hydrogen) atoms. The summed E-state index contributed by atoms with van der Waals surface area (Å²) in [6.45, 7) is 2.25. The zero-order valence-corrected chi connectivity index (χ0v) is 21.3. The minimum Gasteiger partial charge on any atom is -0.497 e. The standard InChI is InChI=1S/C28H32F2N2O3S/c1-35-22-8-9-26-23(17-22)20(10-12-31-26)5-2-4-19-11-13-32(18-21(19)16-27(33)34)14-15-36-28-24(29)6-3-7-25(28)30/h3,6-10,12,17,19,21H,2,4-5,11,13-16,18H2,1H3,(H,33,34)/t19-,21+/m1/s1. The minimum atomic E-state index is -0.776. The molecule has 2 aromatic carbocycles. The third-order valence-electron chi connectivity index (χ3n) is 7.05. The van der Waals surface area contributed by atoms with Crippen molar-refractivity contribution in [2.75, 3.05) is 32.5 Å². The molecule has 1 aliphatic heterocycles. The monoisotopic (exact) mass is 514 g/mol. The van der Waals surface area contributed by atoms with Crippen molar-refractivity contribution in [1.29, 1.82) is 0 Å². The maximum absolute atomic E-state index is 13.9. The number of thioether (sulfide) groups is 1. The normalized spacial score (nSPS) is 18.4. The van der Waals surface area contributed by atoms with Crippen LogP contribution in [0.3, 0.4) is 0 Å². The van der Waals surface area contributed by atoms with Crippen molar-refractivity contribution in [3.05, 3.63) is 65.9 Å². The number of pyridine rings is 1. The Morgan fingerprint density at radius 2 is 2.00 bits per heavy atom. The second kappa shape index (κ2) is 12.5. The van der Waals surface area contributed by atoms with Gasteiger partial charge in [-0.25, -0.2) is 8.78 Å². The molecule has 1 aromatic heterocycles. The molecule has 0 aliphatic carbocycles. The third-order valence-corrected chi connectivity index (χ3v) is 8.11.